The van der Waals surface area contributed by atoms with E-state index in [9.17, 15) is 28.2 Å². The summed E-state index contributed by atoms with van der Waals surface area (Å²) in [6, 6.07) is 10.5. The van der Waals surface area contributed by atoms with Gasteiger partial charge in [0.25, 0.3) is 0 Å². The number of carbonyl (C=O) groups is 1. The third kappa shape index (κ3) is 4.66. The van der Waals surface area contributed by atoms with Crippen molar-refractivity contribution in [1.82, 2.24) is 5.32 Å². The fraction of sp³-hybridized carbons (Fsp3) is 0.350. The number of aliphatic hydroxyl groups is 2. The average Bonchev–Trinajstić information content (AvgIpc) is 2.91. The zero-order valence-electron chi connectivity index (χ0n) is 14.7. The van der Waals surface area contributed by atoms with Gasteiger partial charge in [-0.25, -0.2) is 0 Å². The molecule has 4 nitrogen and oxygen atoms in total. The fourth-order valence-electron chi connectivity index (χ4n) is 3.50. The average molecular weight is 414 g/mol. The van der Waals surface area contributed by atoms with Crippen LogP contribution in [0.3, 0.4) is 0 Å². The molecule has 0 radical (unpaired) electrons. The molecule has 150 valence electrons. The van der Waals surface area contributed by atoms with Gasteiger partial charge in [-0.15, -0.1) is 0 Å². The summed E-state index contributed by atoms with van der Waals surface area (Å²) >= 11 is 5.82. The first-order valence-corrected chi connectivity index (χ1v) is 9.10. The van der Waals surface area contributed by atoms with Crippen LogP contribution in [0.4, 0.5) is 13.2 Å². The van der Waals surface area contributed by atoms with Gasteiger partial charge in [0.2, 0.25) is 5.91 Å². The van der Waals surface area contributed by atoms with Gasteiger partial charge in [0.1, 0.15) is 6.10 Å². The number of benzene rings is 2. The zero-order chi connectivity index (χ0) is 20.5. The lowest BCUT2D eigenvalue weighted by molar-refractivity contribution is -0.137. The first kappa shape index (κ1) is 20.6. The molecular weight excluding hydrogens is 395 g/mol. The largest absolute Gasteiger partial charge is 0.416 e. The van der Waals surface area contributed by atoms with E-state index < -0.39 is 35.9 Å². The topological polar surface area (TPSA) is 69.6 Å². The highest BCUT2D eigenvalue weighted by atomic mass is 35.5. The number of alkyl halides is 3. The Labute approximate surface area is 165 Å². The second kappa shape index (κ2) is 8.11. The number of carbonyl (C=O) groups excluding carboxylic acids is 1. The smallest absolute Gasteiger partial charge is 0.390 e. The molecule has 1 saturated carbocycles. The van der Waals surface area contributed by atoms with Gasteiger partial charge in [-0.05, 0) is 41.8 Å². The molecule has 1 fully saturated rings. The standard InChI is InChI=1S/C20H19ClF3NO3/c21-14-7-1-11(2-8-14)9-17(27)25-18-15(10-16(26)19(18)28)12-3-5-13(6-4-12)20(22,23)24/h1-8,15-16,18-19,26,28H,9-10H2,(H,25,27)/t15-,16-,18-,19-/m1/s1. The minimum Gasteiger partial charge on any atom is -0.390 e. The van der Waals surface area contributed by atoms with Crippen LogP contribution < -0.4 is 5.32 Å². The second-order valence-electron chi connectivity index (χ2n) is 6.92. The molecule has 0 saturated heterocycles. The molecule has 2 aromatic carbocycles. The molecule has 4 atom stereocenters. The molecule has 0 aliphatic heterocycles. The zero-order valence-corrected chi connectivity index (χ0v) is 15.4. The quantitative estimate of drug-likeness (QED) is 0.720. The highest BCUT2D eigenvalue weighted by Gasteiger charge is 2.43. The normalized spacial score (nSPS) is 24.9. The van der Waals surface area contributed by atoms with Crippen LogP contribution in [0, 0.1) is 0 Å². The number of amides is 1. The Morgan fingerprint density at radius 2 is 1.68 bits per heavy atom. The van der Waals surface area contributed by atoms with E-state index >= 15 is 0 Å². The molecule has 28 heavy (non-hydrogen) atoms. The van der Waals surface area contributed by atoms with Crippen LogP contribution in [-0.4, -0.2) is 34.4 Å². The maximum atomic E-state index is 12.8. The van der Waals surface area contributed by atoms with Gasteiger partial charge in [-0.2, -0.15) is 13.2 Å². The molecule has 3 N–H and O–H groups in total. The van der Waals surface area contributed by atoms with Crippen molar-refractivity contribution < 1.29 is 28.2 Å². The third-order valence-electron chi connectivity index (χ3n) is 4.96. The Morgan fingerprint density at radius 3 is 2.25 bits per heavy atom. The van der Waals surface area contributed by atoms with Gasteiger partial charge < -0.3 is 15.5 Å². The lowest BCUT2D eigenvalue weighted by atomic mass is 9.92. The lowest BCUT2D eigenvalue weighted by Gasteiger charge is -2.24. The molecular formula is C20H19ClF3NO3. The highest BCUT2D eigenvalue weighted by molar-refractivity contribution is 6.30. The van der Waals surface area contributed by atoms with E-state index in [1.165, 1.54) is 12.1 Å². The van der Waals surface area contributed by atoms with E-state index in [4.69, 9.17) is 11.6 Å². The highest BCUT2D eigenvalue weighted by Crippen LogP contribution is 2.37. The molecule has 0 bridgehead atoms. The van der Waals surface area contributed by atoms with Crippen LogP contribution in [0.5, 0.6) is 0 Å². The Balaban J connectivity index is 1.74. The first-order valence-electron chi connectivity index (χ1n) is 8.72. The first-order chi connectivity index (χ1) is 13.1. The number of halogens is 4. The van der Waals surface area contributed by atoms with E-state index in [1.807, 2.05) is 0 Å². The van der Waals surface area contributed by atoms with Crippen molar-refractivity contribution in [2.75, 3.05) is 0 Å². The summed E-state index contributed by atoms with van der Waals surface area (Å²) in [7, 11) is 0. The molecule has 2 aromatic rings. The third-order valence-corrected chi connectivity index (χ3v) is 5.21. The second-order valence-corrected chi connectivity index (χ2v) is 7.35. The van der Waals surface area contributed by atoms with Crippen molar-refractivity contribution in [3.8, 4) is 0 Å². The maximum Gasteiger partial charge on any atom is 0.416 e. The monoisotopic (exact) mass is 413 g/mol. The summed E-state index contributed by atoms with van der Waals surface area (Å²) in [6.07, 6.45) is -6.54. The summed E-state index contributed by atoms with van der Waals surface area (Å²) in [4.78, 5) is 12.4. The van der Waals surface area contributed by atoms with E-state index in [2.05, 4.69) is 5.32 Å². The van der Waals surface area contributed by atoms with Crippen molar-refractivity contribution >= 4 is 17.5 Å². The van der Waals surface area contributed by atoms with Gasteiger partial charge >= 0.3 is 6.18 Å². The number of nitrogens with one attached hydrogen (secondary N) is 1. The molecule has 1 amide bonds. The Morgan fingerprint density at radius 1 is 1.07 bits per heavy atom. The van der Waals surface area contributed by atoms with Crippen LogP contribution in [0.2, 0.25) is 5.02 Å². The van der Waals surface area contributed by atoms with Crippen LogP contribution in [0.15, 0.2) is 48.5 Å². The van der Waals surface area contributed by atoms with E-state index in [1.54, 1.807) is 24.3 Å². The summed E-state index contributed by atoms with van der Waals surface area (Å²) in [5.74, 6) is -0.862. The van der Waals surface area contributed by atoms with Crippen LogP contribution in [-0.2, 0) is 17.4 Å². The van der Waals surface area contributed by atoms with Crippen molar-refractivity contribution in [1.29, 1.82) is 0 Å². The van der Waals surface area contributed by atoms with E-state index in [0.29, 0.717) is 10.6 Å². The molecule has 0 spiro atoms. The van der Waals surface area contributed by atoms with Crippen LogP contribution in [0.1, 0.15) is 29.0 Å². The predicted octanol–water partition coefficient (Wildman–Crippen LogP) is 3.30. The molecule has 1 aliphatic rings. The molecule has 1 aliphatic carbocycles. The van der Waals surface area contributed by atoms with Gasteiger partial charge in [0.05, 0.1) is 24.1 Å². The minimum atomic E-state index is -4.45. The summed E-state index contributed by atoms with van der Waals surface area (Å²) < 4.78 is 38.3. The van der Waals surface area contributed by atoms with Gasteiger partial charge in [-0.1, -0.05) is 35.9 Å². The van der Waals surface area contributed by atoms with Gasteiger partial charge in [0, 0.05) is 10.9 Å². The lowest BCUT2D eigenvalue weighted by Crippen LogP contribution is -2.45. The fourth-order valence-corrected chi connectivity index (χ4v) is 3.62. The number of aliphatic hydroxyl groups excluding tert-OH is 2. The Kier molecular flexibility index (Phi) is 5.98. The van der Waals surface area contributed by atoms with E-state index in [-0.39, 0.29) is 18.7 Å². The molecule has 0 heterocycles. The number of hydrogen-bond acceptors (Lipinski definition) is 3. The number of rotatable bonds is 4. The molecule has 0 aromatic heterocycles. The van der Waals surface area contributed by atoms with Crippen LogP contribution >= 0.6 is 11.6 Å². The SMILES string of the molecule is O=C(Cc1ccc(Cl)cc1)N[C@H]1[C@H](O)[C@H](O)C[C@@H]1c1ccc(C(F)(F)F)cc1. The maximum absolute atomic E-state index is 12.8. The van der Waals surface area contributed by atoms with Gasteiger partial charge in [0.15, 0.2) is 0 Å². The van der Waals surface area contributed by atoms with Gasteiger partial charge in [-0.3, -0.25) is 4.79 Å². The number of hydrogen-bond donors (Lipinski definition) is 3. The summed E-state index contributed by atoms with van der Waals surface area (Å²) in [5.41, 5.74) is 0.458. The van der Waals surface area contributed by atoms with Crippen molar-refractivity contribution in [3.05, 3.63) is 70.2 Å². The molecule has 3 rings (SSSR count). The Bertz CT molecular complexity index is 824. The minimum absolute atomic E-state index is 0.0518. The van der Waals surface area contributed by atoms with Crippen molar-refractivity contribution in [2.45, 2.75) is 43.2 Å². The van der Waals surface area contributed by atoms with Crippen molar-refractivity contribution in [2.24, 2.45) is 0 Å². The molecule has 0 unspecified atom stereocenters. The Hall–Kier alpha value is -2.09. The van der Waals surface area contributed by atoms with E-state index in [0.717, 1.165) is 17.7 Å². The summed E-state index contributed by atoms with van der Waals surface area (Å²) in [5, 5.41) is 23.5. The van der Waals surface area contributed by atoms with Crippen molar-refractivity contribution in [3.63, 3.8) is 0 Å². The molecule has 8 heteroatoms. The predicted molar refractivity (Wildman–Crippen MR) is 97.9 cm³/mol. The van der Waals surface area contributed by atoms with Crippen LogP contribution in [0.25, 0.3) is 0 Å². The summed E-state index contributed by atoms with van der Waals surface area (Å²) in [6.45, 7) is 0.